The highest BCUT2D eigenvalue weighted by Crippen LogP contribution is 2.34. The van der Waals surface area contributed by atoms with E-state index in [9.17, 15) is 22.8 Å². The average Bonchev–Trinajstić information content (AvgIpc) is 3.16. The van der Waals surface area contributed by atoms with Crippen molar-refractivity contribution >= 4 is 28.8 Å². The van der Waals surface area contributed by atoms with E-state index in [-0.39, 0.29) is 28.5 Å². The molecule has 3 rings (SSSR count). The predicted molar refractivity (Wildman–Crippen MR) is 82.1 cm³/mol. The van der Waals surface area contributed by atoms with Crippen LogP contribution in [0, 0.1) is 6.92 Å². The molecular formula is C14H11ClF3N3O2S. The number of rotatable bonds is 1. The molecule has 0 aliphatic carbocycles. The molecule has 1 aliphatic rings. The smallest absolute Gasteiger partial charge is 0.328 e. The van der Waals surface area contributed by atoms with Gasteiger partial charge in [0.1, 0.15) is 9.90 Å². The number of halogens is 4. The van der Waals surface area contributed by atoms with Gasteiger partial charge < -0.3 is 9.47 Å². The molecule has 0 fully saturated rings. The topological polar surface area (TPSA) is 55.2 Å². The number of hydrogen-bond acceptors (Lipinski definition) is 4. The minimum Gasteiger partial charge on any atom is -0.328 e. The summed E-state index contributed by atoms with van der Waals surface area (Å²) in [6.07, 6.45) is -3.65. The van der Waals surface area contributed by atoms with Gasteiger partial charge in [0.25, 0.3) is 11.5 Å². The summed E-state index contributed by atoms with van der Waals surface area (Å²) in [7, 11) is 1.55. The summed E-state index contributed by atoms with van der Waals surface area (Å²) >= 11 is 6.30. The number of pyridine rings is 1. The molecule has 0 radical (unpaired) electrons. The molecule has 5 nitrogen and oxygen atoms in total. The van der Waals surface area contributed by atoms with Crippen LogP contribution in [-0.4, -0.2) is 20.4 Å². The van der Waals surface area contributed by atoms with Gasteiger partial charge in [-0.15, -0.1) is 11.3 Å². The molecule has 1 aliphatic heterocycles. The number of carbonyl (C=O) groups excluding carboxylic acids is 1. The molecule has 0 N–H and O–H groups in total. The van der Waals surface area contributed by atoms with E-state index in [2.05, 4.69) is 4.98 Å². The molecule has 0 aromatic carbocycles. The Morgan fingerprint density at radius 1 is 1.38 bits per heavy atom. The molecule has 0 bridgehead atoms. The number of carbonyl (C=O) groups is 1. The number of aromatic nitrogens is 2. The van der Waals surface area contributed by atoms with Crippen LogP contribution in [0.15, 0.2) is 11.0 Å². The summed E-state index contributed by atoms with van der Waals surface area (Å²) in [4.78, 5) is 29.0. The molecule has 2 aromatic rings. The summed E-state index contributed by atoms with van der Waals surface area (Å²) < 4.78 is 39.2. The van der Waals surface area contributed by atoms with Gasteiger partial charge in [0.15, 0.2) is 5.01 Å². The van der Waals surface area contributed by atoms with Crippen LogP contribution in [-0.2, 0) is 26.3 Å². The van der Waals surface area contributed by atoms with Crippen molar-refractivity contribution in [2.24, 2.45) is 7.05 Å². The van der Waals surface area contributed by atoms with Gasteiger partial charge in [0.05, 0.1) is 12.7 Å². The minimum atomic E-state index is -4.58. The lowest BCUT2D eigenvalue weighted by Gasteiger charge is -2.13. The Morgan fingerprint density at radius 3 is 2.62 bits per heavy atom. The summed E-state index contributed by atoms with van der Waals surface area (Å²) in [6.45, 7) is 2.01. The number of alkyl halides is 3. The summed E-state index contributed by atoms with van der Waals surface area (Å²) in [5.41, 5.74) is 1.61. The van der Waals surface area contributed by atoms with Crippen molar-refractivity contribution < 1.29 is 18.0 Å². The van der Waals surface area contributed by atoms with Crippen LogP contribution in [0.1, 0.15) is 31.5 Å². The Labute approximate surface area is 143 Å². The fourth-order valence-electron chi connectivity index (χ4n) is 2.62. The lowest BCUT2D eigenvalue weighted by atomic mass is 10.1. The third-order valence-electron chi connectivity index (χ3n) is 3.96. The normalized spacial score (nSPS) is 14.2. The zero-order valence-corrected chi connectivity index (χ0v) is 14.1. The maximum atomic E-state index is 12.6. The summed E-state index contributed by atoms with van der Waals surface area (Å²) in [5.74, 6) is -0.554. The van der Waals surface area contributed by atoms with Crippen LogP contribution in [0.3, 0.4) is 0 Å². The van der Waals surface area contributed by atoms with Gasteiger partial charge >= 0.3 is 6.18 Å². The molecule has 0 saturated carbocycles. The number of nitrogens with zero attached hydrogens (tertiary/aromatic N) is 3. The molecule has 10 heteroatoms. The van der Waals surface area contributed by atoms with Gasteiger partial charge in [-0.05, 0) is 18.1 Å². The third kappa shape index (κ3) is 2.61. The fourth-order valence-corrected chi connectivity index (χ4v) is 3.62. The summed E-state index contributed by atoms with van der Waals surface area (Å²) in [5, 5.41) is -0.975. The zero-order valence-electron chi connectivity index (χ0n) is 12.6. The molecule has 0 spiro atoms. The standard InChI is InChI=1S/C14H11ClF3N3O2S/c1-6-7-4-21(5-8(7)20(2)12(23)10(6)15)11(22)9-3-19-13(24-9)14(16,17)18/h3H,4-5H2,1-2H3. The Bertz CT molecular complexity index is 904. The molecule has 24 heavy (non-hydrogen) atoms. The van der Waals surface area contributed by atoms with Crippen LogP contribution >= 0.6 is 22.9 Å². The first-order chi connectivity index (χ1) is 11.1. The third-order valence-corrected chi connectivity index (χ3v) is 5.44. The lowest BCUT2D eigenvalue weighted by molar-refractivity contribution is -0.137. The number of fused-ring (bicyclic) bond motifs is 1. The van der Waals surface area contributed by atoms with Crippen LogP contribution in [0.2, 0.25) is 5.02 Å². The van der Waals surface area contributed by atoms with Crippen molar-refractivity contribution in [3.8, 4) is 0 Å². The molecule has 0 unspecified atom stereocenters. The van der Waals surface area contributed by atoms with E-state index in [0.29, 0.717) is 22.6 Å². The monoisotopic (exact) mass is 377 g/mol. The van der Waals surface area contributed by atoms with E-state index in [1.54, 1.807) is 14.0 Å². The zero-order chi connectivity index (χ0) is 17.8. The highest BCUT2D eigenvalue weighted by Gasteiger charge is 2.36. The van der Waals surface area contributed by atoms with Gasteiger partial charge in [0.2, 0.25) is 0 Å². The number of thiazole rings is 1. The van der Waals surface area contributed by atoms with E-state index in [4.69, 9.17) is 11.6 Å². The molecule has 3 heterocycles. The van der Waals surface area contributed by atoms with Crippen molar-refractivity contribution in [3.63, 3.8) is 0 Å². The van der Waals surface area contributed by atoms with Gasteiger partial charge in [-0.25, -0.2) is 4.98 Å². The largest absolute Gasteiger partial charge is 0.443 e. The SMILES string of the molecule is Cc1c2c(n(C)c(=O)c1Cl)CN(C(=O)c1cnc(C(F)(F)F)s1)C2. The van der Waals surface area contributed by atoms with Crippen molar-refractivity contribution in [1.29, 1.82) is 0 Å². The molecule has 2 aromatic heterocycles. The van der Waals surface area contributed by atoms with Gasteiger partial charge in [-0.3, -0.25) is 9.59 Å². The van der Waals surface area contributed by atoms with Crippen molar-refractivity contribution in [3.05, 3.63) is 48.3 Å². The highest BCUT2D eigenvalue weighted by atomic mass is 35.5. The van der Waals surface area contributed by atoms with Gasteiger partial charge in [-0.1, -0.05) is 11.6 Å². The van der Waals surface area contributed by atoms with Gasteiger partial charge in [-0.2, -0.15) is 13.2 Å². The Balaban J connectivity index is 1.92. The molecule has 0 atom stereocenters. The average molecular weight is 378 g/mol. The highest BCUT2D eigenvalue weighted by molar-refractivity contribution is 7.13. The van der Waals surface area contributed by atoms with Crippen LogP contribution in [0.25, 0.3) is 0 Å². The first-order valence-electron chi connectivity index (χ1n) is 6.80. The van der Waals surface area contributed by atoms with Crippen molar-refractivity contribution in [1.82, 2.24) is 14.5 Å². The molecule has 0 saturated heterocycles. The van der Waals surface area contributed by atoms with Crippen LogP contribution in [0.5, 0.6) is 0 Å². The minimum absolute atomic E-state index is 0.0858. The number of amides is 1. The Hall–Kier alpha value is -1.87. The lowest BCUT2D eigenvalue weighted by Crippen LogP contribution is -2.26. The van der Waals surface area contributed by atoms with E-state index >= 15 is 0 Å². The second-order valence-electron chi connectivity index (χ2n) is 5.42. The van der Waals surface area contributed by atoms with Crippen LogP contribution in [0.4, 0.5) is 13.2 Å². The second kappa shape index (κ2) is 5.59. The Kier molecular flexibility index (Phi) is 3.95. The number of hydrogen-bond donors (Lipinski definition) is 0. The van der Waals surface area contributed by atoms with Crippen molar-refractivity contribution in [2.75, 3.05) is 0 Å². The van der Waals surface area contributed by atoms with Crippen LogP contribution < -0.4 is 5.56 Å². The van der Waals surface area contributed by atoms with E-state index in [1.807, 2.05) is 0 Å². The van der Waals surface area contributed by atoms with Gasteiger partial charge in [0, 0.05) is 19.3 Å². The van der Waals surface area contributed by atoms with E-state index in [0.717, 1.165) is 11.8 Å². The quantitative estimate of drug-likeness (QED) is 0.767. The summed E-state index contributed by atoms with van der Waals surface area (Å²) in [6, 6.07) is 0. The molecule has 1 amide bonds. The maximum absolute atomic E-state index is 12.6. The molecular weight excluding hydrogens is 367 g/mol. The first-order valence-corrected chi connectivity index (χ1v) is 7.99. The maximum Gasteiger partial charge on any atom is 0.443 e. The first kappa shape index (κ1) is 17.0. The van der Waals surface area contributed by atoms with E-state index in [1.165, 1.54) is 9.47 Å². The molecule has 128 valence electrons. The second-order valence-corrected chi connectivity index (χ2v) is 6.83. The fraction of sp³-hybridized carbons (Fsp3) is 0.357. The Morgan fingerprint density at radius 2 is 2.04 bits per heavy atom. The predicted octanol–water partition coefficient (Wildman–Crippen LogP) is 2.98. The van der Waals surface area contributed by atoms with Crippen molar-refractivity contribution in [2.45, 2.75) is 26.2 Å². The van der Waals surface area contributed by atoms with E-state index < -0.39 is 17.1 Å².